The van der Waals surface area contributed by atoms with Gasteiger partial charge in [-0.3, -0.25) is 4.79 Å². The van der Waals surface area contributed by atoms with Gasteiger partial charge in [0.05, 0.1) is 10.6 Å². The lowest BCUT2D eigenvalue weighted by atomic mass is 10.1. The Morgan fingerprint density at radius 2 is 1.93 bits per heavy atom. The minimum Gasteiger partial charge on any atom is -0.334 e. The molecule has 6 heteroatoms. The van der Waals surface area contributed by atoms with Crippen molar-refractivity contribution in [3.05, 3.63) is 65.7 Å². The van der Waals surface area contributed by atoms with Gasteiger partial charge in [0.2, 0.25) is 0 Å². The summed E-state index contributed by atoms with van der Waals surface area (Å²) in [5.41, 5.74) is 1.17. The van der Waals surface area contributed by atoms with Crippen LogP contribution in [0.5, 0.6) is 0 Å². The first-order chi connectivity index (χ1) is 13.0. The number of nitrogens with zero attached hydrogens (tertiary/aromatic N) is 1. The molecule has 0 saturated carbocycles. The summed E-state index contributed by atoms with van der Waals surface area (Å²) >= 11 is 0. The molecule has 1 unspecified atom stereocenters. The summed E-state index contributed by atoms with van der Waals surface area (Å²) < 4.78 is 25.6. The number of hydrogen-bond acceptors (Lipinski definition) is 4. The third-order valence-electron chi connectivity index (χ3n) is 4.84. The van der Waals surface area contributed by atoms with Crippen LogP contribution in [-0.2, 0) is 15.6 Å². The summed E-state index contributed by atoms with van der Waals surface area (Å²) in [5.74, 6) is -0.168. The highest BCUT2D eigenvalue weighted by Gasteiger charge is 2.27. The van der Waals surface area contributed by atoms with Crippen LogP contribution >= 0.6 is 0 Å². The van der Waals surface area contributed by atoms with E-state index in [9.17, 15) is 13.2 Å². The minimum atomic E-state index is -3.51. The molecule has 0 radical (unpaired) electrons. The average molecular weight is 387 g/mol. The second-order valence-corrected chi connectivity index (χ2v) is 8.91. The summed E-state index contributed by atoms with van der Waals surface area (Å²) in [6, 6.07) is 15.7. The van der Waals surface area contributed by atoms with Crippen molar-refractivity contribution in [2.75, 3.05) is 19.6 Å². The van der Waals surface area contributed by atoms with Gasteiger partial charge < -0.3 is 10.2 Å². The van der Waals surface area contributed by atoms with E-state index in [1.54, 1.807) is 30.3 Å². The molecule has 27 heavy (non-hydrogen) atoms. The molecule has 0 spiro atoms. The van der Waals surface area contributed by atoms with Gasteiger partial charge in [0.25, 0.3) is 5.91 Å². The zero-order valence-corrected chi connectivity index (χ0v) is 16.4. The van der Waals surface area contributed by atoms with Gasteiger partial charge in [-0.1, -0.05) is 43.3 Å². The zero-order valence-electron chi connectivity index (χ0n) is 15.6. The zero-order chi connectivity index (χ0) is 19.3. The highest BCUT2D eigenvalue weighted by atomic mass is 32.2. The fraction of sp³-hybridized carbons (Fsp3) is 0.381. The van der Waals surface area contributed by atoms with Crippen LogP contribution in [0, 0.1) is 0 Å². The number of carbonyl (C=O) groups is 1. The van der Waals surface area contributed by atoms with Crippen molar-refractivity contribution in [2.24, 2.45) is 0 Å². The Morgan fingerprint density at radius 3 is 2.59 bits per heavy atom. The van der Waals surface area contributed by atoms with Gasteiger partial charge in [-0.05, 0) is 43.1 Å². The van der Waals surface area contributed by atoms with Crippen molar-refractivity contribution in [1.29, 1.82) is 0 Å². The Labute approximate surface area is 161 Å². The second-order valence-electron chi connectivity index (χ2n) is 6.92. The number of sulfone groups is 1. The molecule has 144 valence electrons. The van der Waals surface area contributed by atoms with Crippen molar-refractivity contribution >= 4 is 15.7 Å². The normalized spacial score (nSPS) is 17.0. The van der Waals surface area contributed by atoms with Crippen molar-refractivity contribution in [1.82, 2.24) is 10.2 Å². The number of nitrogens with one attached hydrogen (secondary N) is 1. The second kappa shape index (κ2) is 8.67. The van der Waals surface area contributed by atoms with Gasteiger partial charge in [-0.25, -0.2) is 8.42 Å². The molecule has 1 fully saturated rings. The average Bonchev–Trinajstić information content (AvgIpc) is 3.20. The van der Waals surface area contributed by atoms with Crippen molar-refractivity contribution in [2.45, 2.75) is 36.5 Å². The third-order valence-corrected chi connectivity index (χ3v) is 6.53. The predicted octanol–water partition coefficient (Wildman–Crippen LogP) is 2.87. The molecule has 1 amide bonds. The van der Waals surface area contributed by atoms with Crippen LogP contribution in [0.1, 0.15) is 35.7 Å². The maximum atomic E-state index is 13.1. The summed E-state index contributed by atoms with van der Waals surface area (Å²) in [6.45, 7) is 4.41. The largest absolute Gasteiger partial charge is 0.334 e. The first-order valence-electron chi connectivity index (χ1n) is 9.39. The number of hydrogen-bond donors (Lipinski definition) is 1. The maximum absolute atomic E-state index is 13.1. The molecule has 0 aliphatic carbocycles. The van der Waals surface area contributed by atoms with Crippen LogP contribution in [0.2, 0.25) is 0 Å². The molecule has 1 saturated heterocycles. The fourth-order valence-corrected chi connectivity index (χ4v) is 4.85. The number of rotatable bonds is 7. The Balaban J connectivity index is 1.84. The standard InChI is InChI=1S/C21H26N2O3S/c1-2-13-23(19-11-12-22-15-19)21(24)18-9-6-10-20(14-18)27(25,26)16-17-7-4-3-5-8-17/h3-10,14,19,22H,2,11-13,15-16H2,1H3. The highest BCUT2D eigenvalue weighted by molar-refractivity contribution is 7.90. The van der Waals surface area contributed by atoms with E-state index in [0.717, 1.165) is 31.5 Å². The minimum absolute atomic E-state index is 0.0727. The Kier molecular flexibility index (Phi) is 6.29. The van der Waals surface area contributed by atoms with Crippen LogP contribution in [0.3, 0.4) is 0 Å². The van der Waals surface area contributed by atoms with E-state index in [1.807, 2.05) is 30.0 Å². The van der Waals surface area contributed by atoms with Gasteiger partial charge in [0.1, 0.15) is 0 Å². The van der Waals surface area contributed by atoms with Crippen molar-refractivity contribution < 1.29 is 13.2 Å². The predicted molar refractivity (Wildman–Crippen MR) is 106 cm³/mol. The Morgan fingerprint density at radius 1 is 1.15 bits per heavy atom. The molecule has 2 aromatic rings. The van der Waals surface area contributed by atoms with Gasteiger partial charge in [0.15, 0.2) is 9.84 Å². The molecule has 1 heterocycles. The van der Waals surface area contributed by atoms with Crippen LogP contribution in [-0.4, -0.2) is 44.9 Å². The first kappa shape index (κ1) is 19.6. The summed E-state index contributed by atoms with van der Waals surface area (Å²) in [7, 11) is -3.51. The lowest BCUT2D eigenvalue weighted by Gasteiger charge is -2.28. The molecule has 0 bridgehead atoms. The van der Waals surface area contributed by atoms with E-state index >= 15 is 0 Å². The van der Waals surface area contributed by atoms with Crippen molar-refractivity contribution in [3.8, 4) is 0 Å². The van der Waals surface area contributed by atoms with E-state index in [0.29, 0.717) is 12.1 Å². The number of carbonyl (C=O) groups excluding carboxylic acids is 1. The van der Waals surface area contributed by atoms with Gasteiger partial charge >= 0.3 is 0 Å². The molecular weight excluding hydrogens is 360 g/mol. The lowest BCUT2D eigenvalue weighted by Crippen LogP contribution is -2.42. The summed E-state index contributed by atoms with van der Waals surface area (Å²) in [6.07, 6.45) is 1.80. The smallest absolute Gasteiger partial charge is 0.254 e. The van der Waals surface area contributed by atoms with Gasteiger partial charge in [-0.2, -0.15) is 0 Å². The summed E-state index contributed by atoms with van der Waals surface area (Å²) in [4.78, 5) is 15.1. The molecule has 5 nitrogen and oxygen atoms in total. The SMILES string of the molecule is CCCN(C(=O)c1cccc(S(=O)(=O)Cc2ccccc2)c1)C1CCNC1. The third kappa shape index (κ3) is 4.76. The Hall–Kier alpha value is -2.18. The summed E-state index contributed by atoms with van der Waals surface area (Å²) in [5, 5.41) is 3.29. The number of benzene rings is 2. The lowest BCUT2D eigenvalue weighted by molar-refractivity contribution is 0.0692. The van der Waals surface area contributed by atoms with Crippen LogP contribution in [0.25, 0.3) is 0 Å². The van der Waals surface area contributed by atoms with Crippen LogP contribution in [0.4, 0.5) is 0 Å². The van der Waals surface area contributed by atoms with Gasteiger partial charge in [-0.15, -0.1) is 0 Å². The van der Waals surface area contributed by atoms with E-state index < -0.39 is 9.84 Å². The molecular formula is C21H26N2O3S. The molecule has 1 aliphatic rings. The van der Waals surface area contributed by atoms with Crippen LogP contribution in [0.15, 0.2) is 59.5 Å². The quantitative estimate of drug-likeness (QED) is 0.795. The molecule has 0 aromatic heterocycles. The fourth-order valence-electron chi connectivity index (χ4n) is 3.46. The Bertz CT molecular complexity index is 875. The first-order valence-corrected chi connectivity index (χ1v) is 11.0. The monoisotopic (exact) mass is 386 g/mol. The topological polar surface area (TPSA) is 66.5 Å². The molecule has 2 aromatic carbocycles. The van der Waals surface area contributed by atoms with Crippen molar-refractivity contribution in [3.63, 3.8) is 0 Å². The van der Waals surface area contributed by atoms with E-state index in [1.165, 1.54) is 6.07 Å². The molecule has 1 N–H and O–H groups in total. The van der Waals surface area contributed by atoms with Gasteiger partial charge in [0, 0.05) is 24.7 Å². The maximum Gasteiger partial charge on any atom is 0.254 e. The van der Waals surface area contributed by atoms with Crippen LogP contribution < -0.4 is 5.32 Å². The molecule has 1 atom stereocenters. The van der Waals surface area contributed by atoms with E-state index in [4.69, 9.17) is 0 Å². The molecule has 3 rings (SSSR count). The van der Waals surface area contributed by atoms with E-state index in [-0.39, 0.29) is 22.6 Å². The highest BCUT2D eigenvalue weighted by Crippen LogP contribution is 2.20. The number of amides is 1. The molecule has 1 aliphatic heterocycles. The van der Waals surface area contributed by atoms with E-state index in [2.05, 4.69) is 5.32 Å².